The van der Waals surface area contributed by atoms with Crippen molar-refractivity contribution in [2.45, 2.75) is 78.1 Å². The molecular formula is C20H30O6-2. The van der Waals surface area contributed by atoms with Gasteiger partial charge in [-0.25, -0.2) is 0 Å². The fraction of sp³-hybridized carbons (Fsp3) is 0.750. The summed E-state index contributed by atoms with van der Waals surface area (Å²) in [6, 6.07) is 0. The molecule has 0 aliphatic heterocycles. The highest BCUT2D eigenvalue weighted by Crippen LogP contribution is 2.32. The highest BCUT2D eigenvalue weighted by atomic mass is 16.5. The van der Waals surface area contributed by atoms with E-state index in [0.717, 1.165) is 44.9 Å². The van der Waals surface area contributed by atoms with Crippen molar-refractivity contribution in [1.29, 1.82) is 0 Å². The minimum absolute atomic E-state index is 0.222. The molecule has 0 radical (unpaired) electrons. The number of aliphatic carboxylic acids is 2. The van der Waals surface area contributed by atoms with Crippen LogP contribution in [0.1, 0.15) is 78.1 Å². The molecule has 6 nitrogen and oxygen atoms in total. The minimum Gasteiger partial charge on any atom is -0.545 e. The van der Waals surface area contributed by atoms with E-state index in [9.17, 15) is 24.6 Å². The van der Waals surface area contributed by atoms with Crippen LogP contribution in [0.25, 0.3) is 0 Å². The van der Waals surface area contributed by atoms with Gasteiger partial charge in [-0.3, -0.25) is 4.79 Å². The predicted molar refractivity (Wildman–Crippen MR) is 92.5 cm³/mol. The van der Waals surface area contributed by atoms with Gasteiger partial charge in [0.25, 0.3) is 0 Å². The fourth-order valence-electron chi connectivity index (χ4n) is 3.51. The van der Waals surface area contributed by atoms with Crippen LogP contribution in [-0.4, -0.2) is 24.5 Å². The van der Waals surface area contributed by atoms with E-state index in [1.54, 1.807) is 0 Å². The standard InChI is InChI=1S/C20H32O6/c1-3-5-9-14(4-2)13-26-17(21)12-16(19(22)23)18(20(24)25)15-10-7-6-8-11-15/h14-15H,3-13H2,1-2H3,(H,22,23)(H,24,25)/p-2/b18-16+. The molecule has 26 heavy (non-hydrogen) atoms. The number of rotatable bonds is 11. The summed E-state index contributed by atoms with van der Waals surface area (Å²) in [6.45, 7) is 4.32. The van der Waals surface area contributed by atoms with E-state index in [1.807, 2.05) is 6.92 Å². The minimum atomic E-state index is -1.63. The van der Waals surface area contributed by atoms with Crippen LogP contribution in [-0.2, 0) is 19.1 Å². The van der Waals surface area contributed by atoms with Crippen molar-refractivity contribution in [2.75, 3.05) is 6.61 Å². The number of esters is 1. The number of hydrogen-bond donors (Lipinski definition) is 0. The molecule has 1 unspecified atom stereocenters. The average molecular weight is 366 g/mol. The second-order valence-corrected chi connectivity index (χ2v) is 7.08. The van der Waals surface area contributed by atoms with Crippen molar-refractivity contribution in [2.24, 2.45) is 11.8 Å². The maximum atomic E-state index is 12.1. The first-order valence-electron chi connectivity index (χ1n) is 9.71. The molecule has 1 saturated carbocycles. The smallest absolute Gasteiger partial charge is 0.310 e. The summed E-state index contributed by atoms with van der Waals surface area (Å²) in [5, 5.41) is 23.0. The first kappa shape index (κ1) is 22.2. The van der Waals surface area contributed by atoms with E-state index in [2.05, 4.69) is 6.92 Å². The van der Waals surface area contributed by atoms with Crippen LogP contribution in [0.15, 0.2) is 11.1 Å². The molecule has 0 saturated heterocycles. The maximum Gasteiger partial charge on any atom is 0.310 e. The summed E-state index contributed by atoms with van der Waals surface area (Å²) in [5.41, 5.74) is -0.789. The summed E-state index contributed by atoms with van der Waals surface area (Å²) in [6.07, 6.45) is 7.15. The third-order valence-electron chi connectivity index (χ3n) is 5.15. The van der Waals surface area contributed by atoms with E-state index < -0.39 is 35.8 Å². The summed E-state index contributed by atoms with van der Waals surface area (Å²) < 4.78 is 5.21. The maximum absolute atomic E-state index is 12.1. The molecule has 1 aliphatic carbocycles. The van der Waals surface area contributed by atoms with Gasteiger partial charge in [-0.1, -0.05) is 52.4 Å². The van der Waals surface area contributed by atoms with Gasteiger partial charge in [0.05, 0.1) is 25.0 Å². The SMILES string of the molecule is CCCCC(CC)COC(=O)C/C(C(=O)[O-])=C(\C(=O)[O-])C1CCCCC1. The third-order valence-corrected chi connectivity index (χ3v) is 5.15. The zero-order valence-electron chi connectivity index (χ0n) is 15.9. The largest absolute Gasteiger partial charge is 0.545 e. The van der Waals surface area contributed by atoms with Crippen LogP contribution < -0.4 is 10.2 Å². The van der Waals surface area contributed by atoms with Crippen molar-refractivity contribution in [3.8, 4) is 0 Å². The van der Waals surface area contributed by atoms with Crippen molar-refractivity contribution in [3.05, 3.63) is 11.1 Å². The third kappa shape index (κ3) is 7.18. The summed E-state index contributed by atoms with van der Waals surface area (Å²) in [7, 11) is 0. The van der Waals surface area contributed by atoms with Crippen molar-refractivity contribution < 1.29 is 29.3 Å². The van der Waals surface area contributed by atoms with Crippen LogP contribution in [0.2, 0.25) is 0 Å². The number of hydrogen-bond acceptors (Lipinski definition) is 6. The molecule has 0 spiro atoms. The lowest BCUT2D eigenvalue weighted by atomic mass is 9.81. The predicted octanol–water partition coefficient (Wildman–Crippen LogP) is 1.51. The molecule has 1 aliphatic rings. The Morgan fingerprint density at radius 3 is 2.19 bits per heavy atom. The fourth-order valence-corrected chi connectivity index (χ4v) is 3.51. The Hall–Kier alpha value is -1.85. The molecule has 6 heteroatoms. The normalized spacial score (nSPS) is 17.3. The van der Waals surface area contributed by atoms with E-state index >= 15 is 0 Å². The van der Waals surface area contributed by atoms with Gasteiger partial charge < -0.3 is 24.5 Å². The lowest BCUT2D eigenvalue weighted by molar-refractivity contribution is -0.304. The van der Waals surface area contributed by atoms with Gasteiger partial charge in [0, 0.05) is 0 Å². The summed E-state index contributed by atoms with van der Waals surface area (Å²) >= 11 is 0. The number of carboxylic acid groups (broad SMARTS) is 2. The second-order valence-electron chi connectivity index (χ2n) is 7.08. The van der Waals surface area contributed by atoms with E-state index in [0.29, 0.717) is 12.8 Å². The molecular weight excluding hydrogens is 336 g/mol. The van der Waals surface area contributed by atoms with Gasteiger partial charge in [-0.15, -0.1) is 0 Å². The number of ether oxygens (including phenoxy) is 1. The van der Waals surface area contributed by atoms with Crippen LogP contribution in [0.5, 0.6) is 0 Å². The number of carbonyl (C=O) groups is 3. The van der Waals surface area contributed by atoms with Crippen LogP contribution in [0.4, 0.5) is 0 Å². The number of carboxylic acids is 2. The Morgan fingerprint density at radius 1 is 1.04 bits per heavy atom. The van der Waals surface area contributed by atoms with E-state index in [-0.39, 0.29) is 18.1 Å². The molecule has 1 atom stereocenters. The summed E-state index contributed by atoms with van der Waals surface area (Å²) in [4.78, 5) is 35.1. The molecule has 0 aromatic heterocycles. The quantitative estimate of drug-likeness (QED) is 0.405. The lowest BCUT2D eigenvalue weighted by Crippen LogP contribution is -2.36. The second kappa shape index (κ2) is 11.7. The first-order valence-corrected chi connectivity index (χ1v) is 9.71. The van der Waals surface area contributed by atoms with Crippen LogP contribution in [0, 0.1) is 11.8 Å². The zero-order chi connectivity index (χ0) is 19.5. The van der Waals surface area contributed by atoms with Gasteiger partial charge in [0.15, 0.2) is 0 Å². The molecule has 1 rings (SSSR count). The topological polar surface area (TPSA) is 107 Å². The van der Waals surface area contributed by atoms with E-state index in [4.69, 9.17) is 4.74 Å². The average Bonchev–Trinajstić information content (AvgIpc) is 2.61. The Labute approximate surface area is 155 Å². The Morgan fingerprint density at radius 2 is 1.69 bits per heavy atom. The molecule has 0 amide bonds. The van der Waals surface area contributed by atoms with Gasteiger partial charge in [-0.05, 0) is 42.2 Å². The Balaban J connectivity index is 2.82. The molecule has 0 bridgehead atoms. The van der Waals surface area contributed by atoms with Crippen molar-refractivity contribution in [1.82, 2.24) is 0 Å². The monoisotopic (exact) mass is 366 g/mol. The number of carbonyl (C=O) groups excluding carboxylic acids is 3. The zero-order valence-corrected chi connectivity index (χ0v) is 15.9. The van der Waals surface area contributed by atoms with Gasteiger partial charge in [0.1, 0.15) is 0 Å². The summed E-state index contributed by atoms with van der Waals surface area (Å²) in [5.74, 6) is -4.06. The highest BCUT2D eigenvalue weighted by molar-refractivity contribution is 6.00. The molecule has 148 valence electrons. The first-order chi connectivity index (χ1) is 12.4. The van der Waals surface area contributed by atoms with Crippen LogP contribution >= 0.6 is 0 Å². The van der Waals surface area contributed by atoms with E-state index in [1.165, 1.54) is 0 Å². The molecule has 0 aromatic rings. The van der Waals surface area contributed by atoms with Crippen molar-refractivity contribution >= 4 is 17.9 Å². The Kier molecular flexibility index (Phi) is 9.99. The Bertz CT molecular complexity index is 516. The van der Waals surface area contributed by atoms with Crippen molar-refractivity contribution in [3.63, 3.8) is 0 Å². The highest BCUT2D eigenvalue weighted by Gasteiger charge is 2.24. The lowest BCUT2D eigenvalue weighted by Gasteiger charge is -2.28. The molecule has 0 aromatic carbocycles. The molecule has 0 heterocycles. The number of unbranched alkanes of at least 4 members (excludes halogenated alkanes) is 1. The molecule has 0 N–H and O–H groups in total. The van der Waals surface area contributed by atoms with Gasteiger partial charge in [-0.2, -0.15) is 0 Å². The molecule has 1 fully saturated rings. The van der Waals surface area contributed by atoms with Crippen LogP contribution in [0.3, 0.4) is 0 Å². The van der Waals surface area contributed by atoms with Gasteiger partial charge in [0.2, 0.25) is 0 Å². The van der Waals surface area contributed by atoms with Gasteiger partial charge >= 0.3 is 5.97 Å².